The molecule has 0 amide bonds. The van der Waals surface area contributed by atoms with Crippen LogP contribution in [0.15, 0.2) is 0 Å². The number of rotatable bonds is 1. The molecule has 18 heavy (non-hydrogen) atoms. The fourth-order valence-electron chi connectivity index (χ4n) is 5.00. The highest BCUT2D eigenvalue weighted by molar-refractivity contribution is 4.97. The molecule has 3 aliphatic rings. The third kappa shape index (κ3) is 2.46. The van der Waals surface area contributed by atoms with Crippen LogP contribution in [0.5, 0.6) is 0 Å². The maximum Gasteiger partial charge on any atom is -0.00125 e. The lowest BCUT2D eigenvalue weighted by atomic mass is 9.61. The van der Waals surface area contributed by atoms with Gasteiger partial charge < -0.3 is 10.2 Å². The summed E-state index contributed by atoms with van der Waals surface area (Å²) in [7, 11) is 2.31. The standard InChI is InChI=1S/C16H30N2/c1-18-11-4-7-16(9-12-18)8-10-17-13-15(16)14-5-2-3-6-14/h14-15,17H,2-13H2,1H3. The van der Waals surface area contributed by atoms with Crippen molar-refractivity contribution in [1.29, 1.82) is 0 Å². The summed E-state index contributed by atoms with van der Waals surface area (Å²) in [5.41, 5.74) is 0.699. The number of likely N-dealkylation sites (tertiary alicyclic amines) is 1. The summed E-state index contributed by atoms with van der Waals surface area (Å²) in [6.07, 6.45) is 11.9. The van der Waals surface area contributed by atoms with Gasteiger partial charge >= 0.3 is 0 Å². The maximum atomic E-state index is 3.70. The maximum absolute atomic E-state index is 3.70. The molecule has 2 atom stereocenters. The Labute approximate surface area is 113 Å². The molecule has 2 heterocycles. The summed E-state index contributed by atoms with van der Waals surface area (Å²) in [5.74, 6) is 2.03. The summed E-state index contributed by atoms with van der Waals surface area (Å²) >= 11 is 0. The minimum absolute atomic E-state index is 0.699. The molecule has 2 nitrogen and oxygen atoms in total. The zero-order chi connectivity index (χ0) is 12.4. The summed E-state index contributed by atoms with van der Waals surface area (Å²) in [4.78, 5) is 2.56. The molecule has 1 saturated carbocycles. The van der Waals surface area contributed by atoms with E-state index in [1.807, 2.05) is 0 Å². The first-order valence-corrected chi connectivity index (χ1v) is 8.19. The van der Waals surface area contributed by atoms with Crippen molar-refractivity contribution in [3.8, 4) is 0 Å². The van der Waals surface area contributed by atoms with Crippen LogP contribution in [-0.2, 0) is 0 Å². The van der Waals surface area contributed by atoms with Crippen LogP contribution in [0.1, 0.15) is 51.4 Å². The number of hydrogen-bond donors (Lipinski definition) is 1. The van der Waals surface area contributed by atoms with Crippen LogP contribution < -0.4 is 5.32 Å². The minimum Gasteiger partial charge on any atom is -0.316 e. The summed E-state index contributed by atoms with van der Waals surface area (Å²) < 4.78 is 0. The highest BCUT2D eigenvalue weighted by Gasteiger charge is 2.44. The van der Waals surface area contributed by atoms with Gasteiger partial charge in [0.05, 0.1) is 0 Å². The van der Waals surface area contributed by atoms with Gasteiger partial charge in [-0.05, 0) is 76.2 Å². The van der Waals surface area contributed by atoms with Crippen LogP contribution in [0.4, 0.5) is 0 Å². The van der Waals surface area contributed by atoms with Gasteiger partial charge in [0.25, 0.3) is 0 Å². The van der Waals surface area contributed by atoms with E-state index in [0.717, 1.165) is 11.8 Å². The van der Waals surface area contributed by atoms with E-state index in [2.05, 4.69) is 17.3 Å². The smallest absolute Gasteiger partial charge is 0.00125 e. The highest BCUT2D eigenvalue weighted by atomic mass is 15.1. The second-order valence-corrected chi connectivity index (χ2v) is 7.12. The third-order valence-corrected chi connectivity index (χ3v) is 6.13. The van der Waals surface area contributed by atoms with Crippen molar-refractivity contribution in [3.05, 3.63) is 0 Å². The normalized spacial score (nSPS) is 40.2. The van der Waals surface area contributed by atoms with Gasteiger partial charge in [-0.1, -0.05) is 25.7 Å². The second-order valence-electron chi connectivity index (χ2n) is 7.12. The predicted octanol–water partition coefficient (Wildman–Crippen LogP) is 2.89. The molecule has 0 aromatic heterocycles. The lowest BCUT2D eigenvalue weighted by molar-refractivity contribution is 0.0451. The molecule has 1 spiro atoms. The van der Waals surface area contributed by atoms with Gasteiger partial charge in [-0.25, -0.2) is 0 Å². The molecule has 2 unspecified atom stereocenters. The average molecular weight is 250 g/mol. The molecular weight excluding hydrogens is 220 g/mol. The Morgan fingerprint density at radius 1 is 1.00 bits per heavy atom. The van der Waals surface area contributed by atoms with Crippen LogP contribution in [0.25, 0.3) is 0 Å². The largest absolute Gasteiger partial charge is 0.316 e. The van der Waals surface area contributed by atoms with Crippen LogP contribution in [0.2, 0.25) is 0 Å². The molecule has 0 aromatic carbocycles. The topological polar surface area (TPSA) is 15.3 Å². The summed E-state index contributed by atoms with van der Waals surface area (Å²) in [5, 5.41) is 3.70. The Morgan fingerprint density at radius 3 is 2.67 bits per heavy atom. The fraction of sp³-hybridized carbons (Fsp3) is 1.00. The van der Waals surface area contributed by atoms with Gasteiger partial charge in [0.15, 0.2) is 0 Å². The average Bonchev–Trinajstić information content (AvgIpc) is 2.84. The SMILES string of the molecule is CN1CCCC2(CCNCC2C2CCCC2)CC1. The highest BCUT2D eigenvalue weighted by Crippen LogP contribution is 2.50. The Morgan fingerprint density at radius 2 is 1.83 bits per heavy atom. The van der Waals surface area contributed by atoms with E-state index < -0.39 is 0 Å². The van der Waals surface area contributed by atoms with E-state index in [1.54, 1.807) is 0 Å². The fourth-order valence-corrected chi connectivity index (χ4v) is 5.00. The summed E-state index contributed by atoms with van der Waals surface area (Å²) in [6, 6.07) is 0. The third-order valence-electron chi connectivity index (χ3n) is 6.13. The molecule has 0 radical (unpaired) electrons. The first-order chi connectivity index (χ1) is 8.80. The van der Waals surface area contributed by atoms with Crippen LogP contribution in [0, 0.1) is 17.3 Å². The molecule has 3 fully saturated rings. The van der Waals surface area contributed by atoms with Crippen LogP contribution in [-0.4, -0.2) is 38.1 Å². The number of nitrogens with zero attached hydrogens (tertiary/aromatic N) is 1. The van der Waals surface area contributed by atoms with Crippen molar-refractivity contribution in [2.24, 2.45) is 17.3 Å². The van der Waals surface area contributed by atoms with Gasteiger partial charge in [0, 0.05) is 0 Å². The molecule has 1 aliphatic carbocycles. The van der Waals surface area contributed by atoms with Crippen LogP contribution in [0.3, 0.4) is 0 Å². The molecule has 3 rings (SSSR count). The molecular formula is C16H30N2. The predicted molar refractivity (Wildman–Crippen MR) is 76.7 cm³/mol. The van der Waals surface area contributed by atoms with Gasteiger partial charge in [-0.3, -0.25) is 0 Å². The van der Waals surface area contributed by atoms with E-state index in [1.165, 1.54) is 77.5 Å². The Balaban J connectivity index is 1.76. The molecule has 2 saturated heterocycles. The van der Waals surface area contributed by atoms with E-state index in [9.17, 15) is 0 Å². The van der Waals surface area contributed by atoms with E-state index >= 15 is 0 Å². The minimum atomic E-state index is 0.699. The van der Waals surface area contributed by atoms with Crippen LogP contribution >= 0.6 is 0 Å². The Hall–Kier alpha value is -0.0800. The quantitative estimate of drug-likeness (QED) is 0.770. The van der Waals surface area contributed by atoms with Gasteiger partial charge in [-0.15, -0.1) is 0 Å². The number of piperidine rings is 1. The Kier molecular flexibility index (Phi) is 3.95. The molecule has 2 heteroatoms. The van der Waals surface area contributed by atoms with E-state index in [-0.39, 0.29) is 0 Å². The lowest BCUT2D eigenvalue weighted by Crippen LogP contribution is -2.48. The van der Waals surface area contributed by atoms with Crippen molar-refractivity contribution >= 4 is 0 Å². The lowest BCUT2D eigenvalue weighted by Gasteiger charge is -2.47. The zero-order valence-corrected chi connectivity index (χ0v) is 12.1. The molecule has 2 aliphatic heterocycles. The van der Waals surface area contributed by atoms with Gasteiger partial charge in [-0.2, -0.15) is 0 Å². The van der Waals surface area contributed by atoms with Crippen molar-refractivity contribution in [3.63, 3.8) is 0 Å². The zero-order valence-electron chi connectivity index (χ0n) is 12.1. The van der Waals surface area contributed by atoms with E-state index in [4.69, 9.17) is 0 Å². The van der Waals surface area contributed by atoms with Crippen molar-refractivity contribution < 1.29 is 0 Å². The monoisotopic (exact) mass is 250 g/mol. The Bertz CT molecular complexity index is 272. The number of nitrogens with one attached hydrogen (secondary N) is 1. The first-order valence-electron chi connectivity index (χ1n) is 8.19. The number of hydrogen-bond acceptors (Lipinski definition) is 2. The second kappa shape index (κ2) is 5.50. The van der Waals surface area contributed by atoms with Crippen molar-refractivity contribution in [2.75, 3.05) is 33.2 Å². The molecule has 0 bridgehead atoms. The molecule has 104 valence electrons. The van der Waals surface area contributed by atoms with Gasteiger partial charge in [0.1, 0.15) is 0 Å². The van der Waals surface area contributed by atoms with E-state index in [0.29, 0.717) is 5.41 Å². The first kappa shape index (κ1) is 12.9. The van der Waals surface area contributed by atoms with Crippen molar-refractivity contribution in [2.45, 2.75) is 51.4 Å². The summed E-state index contributed by atoms with van der Waals surface area (Å²) in [6.45, 7) is 5.25. The molecule has 0 aromatic rings. The van der Waals surface area contributed by atoms with Crippen molar-refractivity contribution in [1.82, 2.24) is 10.2 Å². The molecule has 1 N–H and O–H groups in total. The van der Waals surface area contributed by atoms with Gasteiger partial charge in [0.2, 0.25) is 0 Å².